The first kappa shape index (κ1) is 16.8. The SMILES string of the molecule is CCCn1c(Oc2cccc(O)c2)nc2c(c1=O)NCN2C1CCCC1. The Balaban J connectivity index is 1.75. The first-order valence-electron chi connectivity index (χ1n) is 9.29. The second kappa shape index (κ2) is 6.90. The average molecular weight is 356 g/mol. The molecule has 0 spiro atoms. The second-order valence-electron chi connectivity index (χ2n) is 6.89. The Labute approximate surface area is 152 Å². The minimum atomic E-state index is -0.104. The number of nitrogens with zero attached hydrogens (tertiary/aromatic N) is 3. The van der Waals surface area contributed by atoms with E-state index in [-0.39, 0.29) is 17.3 Å². The van der Waals surface area contributed by atoms with E-state index in [4.69, 9.17) is 9.72 Å². The number of benzene rings is 1. The van der Waals surface area contributed by atoms with E-state index in [2.05, 4.69) is 10.2 Å². The Morgan fingerprint density at radius 1 is 1.35 bits per heavy atom. The summed E-state index contributed by atoms with van der Waals surface area (Å²) in [5.74, 6) is 1.26. The van der Waals surface area contributed by atoms with Crippen molar-refractivity contribution in [2.75, 3.05) is 16.9 Å². The van der Waals surface area contributed by atoms with Gasteiger partial charge in [0.1, 0.15) is 17.2 Å². The van der Waals surface area contributed by atoms with Crippen LogP contribution in [0.2, 0.25) is 0 Å². The van der Waals surface area contributed by atoms with Crippen LogP contribution in [0.25, 0.3) is 0 Å². The number of phenolic OH excluding ortho intramolecular Hbond substituents is 1. The van der Waals surface area contributed by atoms with Crippen molar-refractivity contribution in [2.45, 2.75) is 51.6 Å². The number of ether oxygens (including phenoxy) is 1. The number of anilines is 2. The van der Waals surface area contributed by atoms with Crippen molar-refractivity contribution >= 4 is 11.5 Å². The first-order valence-corrected chi connectivity index (χ1v) is 9.29. The largest absolute Gasteiger partial charge is 0.508 e. The molecule has 0 amide bonds. The highest BCUT2D eigenvalue weighted by Gasteiger charge is 2.33. The molecule has 1 fully saturated rings. The van der Waals surface area contributed by atoms with E-state index in [1.54, 1.807) is 22.8 Å². The number of aromatic hydroxyl groups is 1. The number of hydrogen-bond donors (Lipinski definition) is 2. The molecule has 0 unspecified atom stereocenters. The highest BCUT2D eigenvalue weighted by molar-refractivity contribution is 5.70. The molecule has 138 valence electrons. The summed E-state index contributed by atoms with van der Waals surface area (Å²) in [7, 11) is 0. The molecule has 1 aromatic carbocycles. The van der Waals surface area contributed by atoms with Crippen molar-refractivity contribution < 1.29 is 9.84 Å². The van der Waals surface area contributed by atoms with Gasteiger partial charge in [0.15, 0.2) is 5.82 Å². The summed E-state index contributed by atoms with van der Waals surface area (Å²) in [5.41, 5.74) is 0.459. The van der Waals surface area contributed by atoms with Crippen molar-refractivity contribution in [1.29, 1.82) is 0 Å². The Morgan fingerprint density at radius 3 is 2.88 bits per heavy atom. The molecule has 4 rings (SSSR count). The van der Waals surface area contributed by atoms with E-state index in [0.717, 1.165) is 19.3 Å². The van der Waals surface area contributed by atoms with Gasteiger partial charge in [-0.3, -0.25) is 9.36 Å². The van der Waals surface area contributed by atoms with E-state index >= 15 is 0 Å². The molecule has 0 bridgehead atoms. The predicted molar refractivity (Wildman–Crippen MR) is 100 cm³/mol. The molecule has 2 N–H and O–H groups in total. The average Bonchev–Trinajstić information content (AvgIpc) is 3.27. The lowest BCUT2D eigenvalue weighted by Crippen LogP contribution is -2.33. The van der Waals surface area contributed by atoms with Crippen LogP contribution in [0.4, 0.5) is 11.5 Å². The summed E-state index contributed by atoms with van der Waals surface area (Å²) in [4.78, 5) is 19.9. The van der Waals surface area contributed by atoms with Gasteiger partial charge in [0.25, 0.3) is 5.56 Å². The fourth-order valence-corrected chi connectivity index (χ4v) is 3.80. The van der Waals surface area contributed by atoms with Crippen LogP contribution in [0, 0.1) is 0 Å². The molecule has 0 radical (unpaired) electrons. The van der Waals surface area contributed by atoms with Crippen LogP contribution < -0.4 is 20.5 Å². The van der Waals surface area contributed by atoms with Crippen LogP contribution in [0.15, 0.2) is 29.1 Å². The topological polar surface area (TPSA) is 79.6 Å². The predicted octanol–water partition coefficient (Wildman–Crippen LogP) is 3.28. The number of hydrogen-bond acceptors (Lipinski definition) is 6. The minimum absolute atomic E-state index is 0.104. The first-order chi connectivity index (χ1) is 12.7. The molecule has 1 aromatic heterocycles. The third-order valence-electron chi connectivity index (χ3n) is 5.05. The van der Waals surface area contributed by atoms with Gasteiger partial charge in [-0.2, -0.15) is 4.98 Å². The lowest BCUT2D eigenvalue weighted by molar-refractivity contribution is 0.392. The molecule has 2 aliphatic rings. The number of nitrogens with one attached hydrogen (secondary N) is 1. The fourth-order valence-electron chi connectivity index (χ4n) is 3.80. The van der Waals surface area contributed by atoms with E-state index < -0.39 is 0 Å². The molecule has 2 aromatic rings. The molecule has 7 nitrogen and oxygen atoms in total. The summed E-state index contributed by atoms with van der Waals surface area (Å²) in [5, 5.41) is 12.9. The highest BCUT2D eigenvalue weighted by atomic mass is 16.5. The molecule has 0 atom stereocenters. The van der Waals surface area contributed by atoms with Crippen molar-refractivity contribution in [3.63, 3.8) is 0 Å². The van der Waals surface area contributed by atoms with Gasteiger partial charge in [-0.15, -0.1) is 0 Å². The highest BCUT2D eigenvalue weighted by Crippen LogP contribution is 2.35. The van der Waals surface area contributed by atoms with Gasteiger partial charge < -0.3 is 20.1 Å². The third-order valence-corrected chi connectivity index (χ3v) is 5.05. The minimum Gasteiger partial charge on any atom is -0.508 e. The molecular formula is C19H24N4O3. The third kappa shape index (κ3) is 2.98. The normalized spacial score (nSPS) is 16.6. The maximum absolute atomic E-state index is 13.0. The van der Waals surface area contributed by atoms with Crippen molar-refractivity contribution in [1.82, 2.24) is 9.55 Å². The standard InChI is InChI=1S/C19H24N4O3/c1-2-10-22-18(25)16-17(23(12-20-16)13-6-3-4-7-13)21-19(22)26-15-9-5-8-14(24)11-15/h5,8-9,11,13,20,24H,2-4,6-7,10,12H2,1H3. The zero-order valence-corrected chi connectivity index (χ0v) is 14.9. The van der Waals surface area contributed by atoms with Crippen LogP contribution in [-0.2, 0) is 6.54 Å². The fraction of sp³-hybridized carbons (Fsp3) is 0.474. The number of fused-ring (bicyclic) bond motifs is 1. The van der Waals surface area contributed by atoms with Gasteiger partial charge in [-0.05, 0) is 31.4 Å². The maximum Gasteiger partial charge on any atom is 0.306 e. The summed E-state index contributed by atoms with van der Waals surface area (Å²) < 4.78 is 7.46. The summed E-state index contributed by atoms with van der Waals surface area (Å²) in [6.07, 6.45) is 5.49. The molecule has 26 heavy (non-hydrogen) atoms. The Morgan fingerprint density at radius 2 is 2.15 bits per heavy atom. The molecule has 1 saturated carbocycles. The van der Waals surface area contributed by atoms with Crippen LogP contribution in [0.5, 0.6) is 17.5 Å². The molecule has 2 heterocycles. The Hall–Kier alpha value is -2.70. The van der Waals surface area contributed by atoms with Crippen LogP contribution in [0.1, 0.15) is 39.0 Å². The number of rotatable bonds is 5. The molecule has 1 aliphatic heterocycles. The van der Waals surface area contributed by atoms with Crippen molar-refractivity contribution in [3.05, 3.63) is 34.6 Å². The molecular weight excluding hydrogens is 332 g/mol. The van der Waals surface area contributed by atoms with E-state index in [1.807, 2.05) is 6.92 Å². The van der Waals surface area contributed by atoms with E-state index in [1.165, 1.54) is 18.9 Å². The smallest absolute Gasteiger partial charge is 0.306 e. The van der Waals surface area contributed by atoms with Gasteiger partial charge >= 0.3 is 6.01 Å². The van der Waals surface area contributed by atoms with Gasteiger partial charge in [-0.1, -0.05) is 25.8 Å². The lowest BCUT2D eigenvalue weighted by atomic mass is 10.2. The Kier molecular flexibility index (Phi) is 4.44. The van der Waals surface area contributed by atoms with Gasteiger partial charge in [0, 0.05) is 18.7 Å². The van der Waals surface area contributed by atoms with Crippen molar-refractivity contribution in [3.8, 4) is 17.5 Å². The Bertz CT molecular complexity index is 858. The summed E-state index contributed by atoms with van der Waals surface area (Å²) >= 11 is 0. The second-order valence-corrected chi connectivity index (χ2v) is 6.89. The summed E-state index contributed by atoms with van der Waals surface area (Å²) in [6.45, 7) is 3.15. The quantitative estimate of drug-likeness (QED) is 0.856. The number of aromatic nitrogens is 2. The monoisotopic (exact) mass is 356 g/mol. The summed E-state index contributed by atoms with van der Waals surface area (Å²) in [6, 6.07) is 7.23. The molecule has 1 aliphatic carbocycles. The van der Waals surface area contributed by atoms with Crippen LogP contribution in [-0.4, -0.2) is 27.4 Å². The molecule has 7 heteroatoms. The lowest BCUT2D eigenvalue weighted by Gasteiger charge is -2.25. The van der Waals surface area contributed by atoms with Gasteiger partial charge in [0.05, 0.1) is 6.67 Å². The maximum atomic E-state index is 13.0. The van der Waals surface area contributed by atoms with Crippen LogP contribution in [0.3, 0.4) is 0 Å². The van der Waals surface area contributed by atoms with E-state index in [0.29, 0.717) is 36.5 Å². The zero-order valence-electron chi connectivity index (χ0n) is 14.9. The number of phenols is 1. The zero-order chi connectivity index (χ0) is 18.1. The van der Waals surface area contributed by atoms with Gasteiger partial charge in [0.2, 0.25) is 0 Å². The molecule has 0 saturated heterocycles. The van der Waals surface area contributed by atoms with Crippen LogP contribution >= 0.6 is 0 Å². The van der Waals surface area contributed by atoms with E-state index in [9.17, 15) is 9.90 Å². The van der Waals surface area contributed by atoms with Crippen molar-refractivity contribution in [2.24, 2.45) is 0 Å². The van der Waals surface area contributed by atoms with Gasteiger partial charge in [-0.25, -0.2) is 0 Å².